The lowest BCUT2D eigenvalue weighted by Gasteiger charge is -2.39. The van der Waals surface area contributed by atoms with Crippen molar-refractivity contribution in [2.75, 3.05) is 0 Å². The summed E-state index contributed by atoms with van der Waals surface area (Å²) in [7, 11) is -2.65. The Bertz CT molecular complexity index is 1170. The predicted octanol–water partition coefficient (Wildman–Crippen LogP) is 10.7. The molecular weight excluding hydrogens is 572 g/mol. The van der Waals surface area contributed by atoms with E-state index in [4.69, 9.17) is 18.4 Å². The van der Waals surface area contributed by atoms with Crippen LogP contribution in [0.3, 0.4) is 0 Å². The second-order valence-electron chi connectivity index (χ2n) is 12.5. The average Bonchev–Trinajstić information content (AvgIpc) is 3.06. The fourth-order valence-electron chi connectivity index (χ4n) is 6.92. The van der Waals surface area contributed by atoms with E-state index in [1.807, 2.05) is 72.8 Å². The second-order valence-corrected chi connectivity index (χ2v) is 15.1. The van der Waals surface area contributed by atoms with E-state index in [0.717, 1.165) is 70.5 Å². The second kappa shape index (κ2) is 14.6. The van der Waals surface area contributed by atoms with Crippen LogP contribution in [0.4, 0.5) is 4.79 Å². The molecule has 236 valence electrons. The number of benzene rings is 3. The van der Waals surface area contributed by atoms with Crippen molar-refractivity contribution >= 4 is 16.5 Å². The minimum absolute atomic E-state index is 0.232. The maximum atomic E-state index is 12.4. The molecule has 3 fully saturated rings. The Morgan fingerprint density at radius 1 is 0.477 bits per heavy atom. The highest BCUT2D eigenvalue weighted by atomic mass is 32.3. The largest absolute Gasteiger partial charge is 0.517 e. The first-order chi connectivity index (χ1) is 21.6. The molecule has 1 N–H and O–H groups in total. The smallest absolute Gasteiger partial charge is 0.490 e. The van der Waals surface area contributed by atoms with Gasteiger partial charge in [0.1, 0.15) is 17.2 Å². The monoisotopic (exact) mass is 618 g/mol. The van der Waals surface area contributed by atoms with Crippen molar-refractivity contribution < 1.29 is 28.3 Å². The van der Waals surface area contributed by atoms with E-state index in [1.54, 1.807) is 0 Å². The zero-order valence-electron chi connectivity index (χ0n) is 25.7. The topological polar surface area (TPSA) is 74.2 Å². The van der Waals surface area contributed by atoms with Crippen LogP contribution >= 0.6 is 10.3 Å². The van der Waals surface area contributed by atoms with Crippen LogP contribution < -0.4 is 14.2 Å². The fraction of sp³-hybridized carbons (Fsp3) is 0.486. The van der Waals surface area contributed by atoms with Crippen LogP contribution in [0.1, 0.15) is 96.3 Å². The van der Waals surface area contributed by atoms with Crippen molar-refractivity contribution in [3.05, 3.63) is 72.8 Å². The van der Waals surface area contributed by atoms with Gasteiger partial charge in [-0.1, -0.05) is 19.3 Å². The fourth-order valence-corrected chi connectivity index (χ4v) is 9.79. The molecular formula is C37H46O6S. The van der Waals surface area contributed by atoms with Gasteiger partial charge in [-0.25, -0.2) is 4.79 Å². The molecule has 6 nitrogen and oxygen atoms in total. The molecule has 44 heavy (non-hydrogen) atoms. The zero-order valence-corrected chi connectivity index (χ0v) is 26.5. The Morgan fingerprint density at radius 2 is 0.750 bits per heavy atom. The molecule has 0 amide bonds. The van der Waals surface area contributed by atoms with Crippen molar-refractivity contribution in [1.29, 1.82) is 0 Å². The van der Waals surface area contributed by atoms with Gasteiger partial charge in [0.15, 0.2) is 0 Å². The Labute approximate surface area is 263 Å². The highest BCUT2D eigenvalue weighted by Gasteiger charge is 2.36. The highest BCUT2D eigenvalue weighted by Crippen LogP contribution is 2.69. The van der Waals surface area contributed by atoms with Crippen molar-refractivity contribution in [2.24, 2.45) is 0 Å². The Balaban J connectivity index is 1.33. The maximum Gasteiger partial charge on any atom is 0.517 e. The van der Waals surface area contributed by atoms with Gasteiger partial charge in [0.25, 0.3) is 0 Å². The van der Waals surface area contributed by atoms with Gasteiger partial charge < -0.3 is 23.5 Å². The van der Waals surface area contributed by atoms with Crippen LogP contribution in [0.5, 0.6) is 17.2 Å². The molecule has 0 aliphatic heterocycles. The third-order valence-electron chi connectivity index (χ3n) is 9.23. The van der Waals surface area contributed by atoms with Crippen LogP contribution in [0.25, 0.3) is 0 Å². The van der Waals surface area contributed by atoms with Crippen molar-refractivity contribution in [3.8, 4) is 17.2 Å². The summed E-state index contributed by atoms with van der Waals surface area (Å²) in [6.45, 7) is 0. The number of carboxylic acid groups (broad SMARTS) is 1. The lowest BCUT2D eigenvalue weighted by molar-refractivity contribution is 0.150. The molecule has 3 aromatic rings. The lowest BCUT2D eigenvalue weighted by atomic mass is 9.98. The molecule has 3 aliphatic carbocycles. The van der Waals surface area contributed by atoms with Gasteiger partial charge in [0.2, 0.25) is 0 Å². The third-order valence-corrected chi connectivity index (χ3v) is 12.4. The average molecular weight is 619 g/mol. The first kappa shape index (κ1) is 30.7. The highest BCUT2D eigenvalue weighted by molar-refractivity contribution is 8.30. The molecule has 3 saturated carbocycles. The molecule has 3 aliphatic rings. The molecule has 7 heteroatoms. The number of hydrogen-bond acceptors (Lipinski definition) is 5. The van der Waals surface area contributed by atoms with E-state index >= 15 is 0 Å². The predicted molar refractivity (Wildman–Crippen MR) is 173 cm³/mol. The summed E-state index contributed by atoms with van der Waals surface area (Å²) in [4.78, 5) is 14.8. The van der Waals surface area contributed by atoms with Crippen LogP contribution in [0.15, 0.2) is 87.5 Å². The van der Waals surface area contributed by atoms with Gasteiger partial charge in [-0.15, -0.1) is 0 Å². The molecule has 3 aromatic carbocycles. The summed E-state index contributed by atoms with van der Waals surface area (Å²) >= 11 is 0. The van der Waals surface area contributed by atoms with Gasteiger partial charge in [0, 0.05) is 14.7 Å². The van der Waals surface area contributed by atoms with Crippen LogP contribution in [0, 0.1) is 0 Å². The van der Waals surface area contributed by atoms with E-state index in [2.05, 4.69) is 0 Å². The number of ether oxygens (including phenoxy) is 3. The first-order valence-electron chi connectivity index (χ1n) is 16.6. The van der Waals surface area contributed by atoms with E-state index in [1.165, 1.54) is 57.8 Å². The zero-order chi connectivity index (χ0) is 30.2. The van der Waals surface area contributed by atoms with Gasteiger partial charge in [0.05, 0.1) is 18.3 Å². The van der Waals surface area contributed by atoms with E-state index in [0.29, 0.717) is 0 Å². The van der Waals surface area contributed by atoms with Gasteiger partial charge in [-0.2, -0.15) is 0 Å². The van der Waals surface area contributed by atoms with Crippen LogP contribution in [-0.2, 0) is 4.18 Å². The summed E-state index contributed by atoms with van der Waals surface area (Å²) in [5.41, 5.74) is 0. The quantitative estimate of drug-likeness (QED) is 0.244. The number of rotatable bonds is 10. The normalized spacial score (nSPS) is 19.2. The van der Waals surface area contributed by atoms with Gasteiger partial charge in [-0.05, 0) is 160 Å². The van der Waals surface area contributed by atoms with Gasteiger partial charge in [-0.3, -0.25) is 0 Å². The lowest BCUT2D eigenvalue weighted by Crippen LogP contribution is -2.20. The minimum Gasteiger partial charge on any atom is -0.490 e. The summed E-state index contributed by atoms with van der Waals surface area (Å²) in [6, 6.07) is 23.5. The molecule has 0 unspecified atom stereocenters. The molecule has 0 atom stereocenters. The Hall–Kier alpha value is -3.32. The molecule has 0 bridgehead atoms. The first-order valence-corrected chi connectivity index (χ1v) is 18.2. The SMILES string of the molecule is O=C(O)OS(c1ccc(OC2CCCCC2)cc1)(c1ccc(OC2CCCCC2)cc1)c1ccc(OC2CCCCC2)cc1. The Kier molecular flexibility index (Phi) is 10.2. The molecule has 0 radical (unpaired) electrons. The molecule has 0 saturated heterocycles. The van der Waals surface area contributed by atoms with Crippen LogP contribution in [-0.4, -0.2) is 29.6 Å². The molecule has 0 spiro atoms. The van der Waals surface area contributed by atoms with Crippen molar-refractivity contribution in [1.82, 2.24) is 0 Å². The van der Waals surface area contributed by atoms with E-state index in [9.17, 15) is 9.90 Å². The standard InChI is InChI=1S/C37H46O6S/c38-37(39)43-44(34-22-16-31(17-23-34)40-28-10-4-1-5-11-28,35-24-18-32(19-25-35)41-29-12-6-2-7-13-29)36-26-20-33(21-27-36)42-30-14-8-3-9-15-30/h16-30H,1-15H2,(H,38,39). The summed E-state index contributed by atoms with van der Waals surface area (Å²) < 4.78 is 25.0. The summed E-state index contributed by atoms with van der Waals surface area (Å²) in [6.07, 6.45) is 16.8. The number of hydrogen-bond donors (Lipinski definition) is 1. The maximum absolute atomic E-state index is 12.4. The van der Waals surface area contributed by atoms with E-state index in [-0.39, 0.29) is 18.3 Å². The van der Waals surface area contributed by atoms with Crippen molar-refractivity contribution in [3.63, 3.8) is 0 Å². The summed E-state index contributed by atoms with van der Waals surface area (Å²) in [5, 5.41) is 10.2. The number of carbonyl (C=O) groups is 1. The van der Waals surface area contributed by atoms with Crippen molar-refractivity contribution in [2.45, 2.75) is 129 Å². The van der Waals surface area contributed by atoms with E-state index < -0.39 is 16.5 Å². The molecule has 0 aromatic heterocycles. The molecule has 6 rings (SSSR count). The Morgan fingerprint density at radius 3 is 1.00 bits per heavy atom. The summed E-state index contributed by atoms with van der Waals surface area (Å²) in [5.74, 6) is 2.41. The van der Waals surface area contributed by atoms with Crippen LogP contribution in [0.2, 0.25) is 0 Å². The minimum atomic E-state index is -2.65. The molecule has 0 heterocycles. The third kappa shape index (κ3) is 7.48. The van der Waals surface area contributed by atoms with Gasteiger partial charge >= 0.3 is 6.16 Å².